The number of hydrogen-bond donors (Lipinski definition) is 0. The van der Waals surface area contributed by atoms with Crippen LogP contribution in [0.1, 0.15) is 25.3 Å². The summed E-state index contributed by atoms with van der Waals surface area (Å²) in [6, 6.07) is 6.83. The zero-order valence-corrected chi connectivity index (χ0v) is 17.9. The summed E-state index contributed by atoms with van der Waals surface area (Å²) >= 11 is 0. The second kappa shape index (κ2) is 7.44. The van der Waals surface area contributed by atoms with E-state index in [1.807, 2.05) is 6.92 Å². The van der Waals surface area contributed by atoms with Gasteiger partial charge in [-0.3, -0.25) is 9.59 Å². The van der Waals surface area contributed by atoms with Crippen LogP contribution >= 0.6 is 0 Å². The van der Waals surface area contributed by atoms with Gasteiger partial charge in [-0.25, -0.2) is 8.42 Å². The summed E-state index contributed by atoms with van der Waals surface area (Å²) in [6.45, 7) is 4.05. The summed E-state index contributed by atoms with van der Waals surface area (Å²) < 4.78 is 39.1. The Labute approximate surface area is 176 Å². The quantitative estimate of drug-likeness (QED) is 0.679. The molecule has 0 saturated carbocycles. The van der Waals surface area contributed by atoms with Gasteiger partial charge >= 0.3 is 5.97 Å². The predicted octanol–water partition coefficient (Wildman–Crippen LogP) is 2.16. The van der Waals surface area contributed by atoms with Crippen molar-refractivity contribution in [3.8, 4) is 0 Å². The second-order valence-corrected chi connectivity index (χ2v) is 10.1. The first-order valence-electron chi connectivity index (χ1n) is 10.00. The Morgan fingerprint density at radius 2 is 1.77 bits per heavy atom. The predicted molar refractivity (Wildman–Crippen MR) is 109 cm³/mol. The lowest BCUT2D eigenvalue weighted by atomic mass is 9.63. The molecular weight excluding hydrogens is 406 g/mol. The average Bonchev–Trinajstić information content (AvgIpc) is 2.70. The van der Waals surface area contributed by atoms with E-state index in [1.54, 1.807) is 36.4 Å². The van der Waals surface area contributed by atoms with Gasteiger partial charge in [0.1, 0.15) is 12.2 Å². The first-order valence-corrected chi connectivity index (χ1v) is 11.4. The number of carbonyl (C=O) groups excluding carboxylic acids is 2. The van der Waals surface area contributed by atoms with E-state index in [9.17, 15) is 18.0 Å². The summed E-state index contributed by atoms with van der Waals surface area (Å²) in [7, 11) is -3.58. The number of aryl methyl sites for hydroxylation is 1. The summed E-state index contributed by atoms with van der Waals surface area (Å²) in [5.74, 6) is -0.680. The number of rotatable bonds is 4. The van der Waals surface area contributed by atoms with E-state index in [0.29, 0.717) is 25.9 Å². The van der Waals surface area contributed by atoms with Crippen molar-refractivity contribution in [1.29, 1.82) is 0 Å². The number of piperidine rings is 1. The van der Waals surface area contributed by atoms with E-state index in [2.05, 4.69) is 0 Å². The smallest absolute Gasteiger partial charge is 0.302 e. The topological polar surface area (TPSA) is 90.0 Å². The van der Waals surface area contributed by atoms with E-state index in [4.69, 9.17) is 9.47 Å². The molecule has 2 saturated heterocycles. The molecule has 4 rings (SSSR count). The fourth-order valence-corrected chi connectivity index (χ4v) is 6.02. The SMILES string of the molecule is CC(=O)OCC1C2(C=CC(=O)C=C2)OC12CCN(S(=O)(=O)c1ccc(C)cc1)CC2. The fourth-order valence-electron chi connectivity index (χ4n) is 4.58. The molecule has 8 heteroatoms. The number of sulfonamides is 1. The van der Waals surface area contributed by atoms with Gasteiger partial charge in [0.05, 0.1) is 16.4 Å². The molecule has 0 bridgehead atoms. The van der Waals surface area contributed by atoms with Gasteiger partial charge in [0.15, 0.2) is 5.78 Å². The highest BCUT2D eigenvalue weighted by Gasteiger charge is 2.64. The van der Waals surface area contributed by atoms with Crippen LogP contribution in [0.4, 0.5) is 0 Å². The van der Waals surface area contributed by atoms with Gasteiger partial charge in [-0.2, -0.15) is 4.31 Å². The Balaban J connectivity index is 1.51. The van der Waals surface area contributed by atoms with Crippen molar-refractivity contribution in [2.24, 2.45) is 5.92 Å². The molecule has 2 spiro atoms. The molecule has 7 nitrogen and oxygen atoms in total. The number of hydrogen-bond acceptors (Lipinski definition) is 6. The largest absolute Gasteiger partial charge is 0.465 e. The van der Waals surface area contributed by atoms with E-state index < -0.39 is 21.2 Å². The zero-order chi connectivity index (χ0) is 21.6. The second-order valence-electron chi connectivity index (χ2n) is 8.16. The molecule has 0 aromatic heterocycles. The monoisotopic (exact) mass is 431 g/mol. The minimum absolute atomic E-state index is 0.115. The molecule has 160 valence electrons. The summed E-state index contributed by atoms with van der Waals surface area (Å²) in [6.07, 6.45) is 7.33. The van der Waals surface area contributed by atoms with Crippen molar-refractivity contribution in [3.63, 3.8) is 0 Å². The van der Waals surface area contributed by atoms with E-state index in [1.165, 1.54) is 23.4 Å². The Morgan fingerprint density at radius 1 is 1.17 bits per heavy atom. The highest BCUT2D eigenvalue weighted by molar-refractivity contribution is 7.89. The summed E-state index contributed by atoms with van der Waals surface area (Å²) in [5, 5.41) is 0. The van der Waals surface area contributed by atoms with Crippen molar-refractivity contribution < 1.29 is 27.5 Å². The number of carbonyl (C=O) groups is 2. The van der Waals surface area contributed by atoms with Crippen molar-refractivity contribution >= 4 is 21.8 Å². The van der Waals surface area contributed by atoms with Crippen LogP contribution in [0.15, 0.2) is 53.5 Å². The fraction of sp³-hybridized carbons (Fsp3) is 0.455. The van der Waals surface area contributed by atoms with Gasteiger partial charge < -0.3 is 9.47 Å². The maximum Gasteiger partial charge on any atom is 0.302 e. The van der Waals surface area contributed by atoms with E-state index in [-0.39, 0.29) is 29.2 Å². The maximum absolute atomic E-state index is 13.0. The van der Waals surface area contributed by atoms with Crippen LogP contribution in [0.3, 0.4) is 0 Å². The molecule has 1 aromatic rings. The Hall–Kier alpha value is -2.29. The van der Waals surface area contributed by atoms with Crippen molar-refractivity contribution in [3.05, 3.63) is 54.1 Å². The number of ketones is 1. The zero-order valence-electron chi connectivity index (χ0n) is 17.0. The van der Waals surface area contributed by atoms with Crippen molar-refractivity contribution in [1.82, 2.24) is 4.31 Å². The molecule has 2 fully saturated rings. The number of nitrogens with zero attached hydrogens (tertiary/aromatic N) is 1. The van der Waals surface area contributed by atoms with Gasteiger partial charge in [-0.15, -0.1) is 0 Å². The first kappa shape index (κ1) is 21.0. The normalized spacial score (nSPS) is 24.7. The third-order valence-corrected chi connectivity index (χ3v) is 8.17. The van der Waals surface area contributed by atoms with Crippen LogP contribution in [0.25, 0.3) is 0 Å². The lowest BCUT2D eigenvalue weighted by Gasteiger charge is -2.62. The molecule has 2 heterocycles. The third kappa shape index (κ3) is 3.53. The van der Waals surface area contributed by atoms with Crippen molar-refractivity contribution in [2.45, 2.75) is 42.8 Å². The number of allylic oxidation sites excluding steroid dienone is 2. The molecule has 1 atom stereocenters. The molecule has 0 amide bonds. The Morgan fingerprint density at radius 3 is 2.33 bits per heavy atom. The molecule has 0 N–H and O–H groups in total. The van der Waals surface area contributed by atoms with Crippen LogP contribution in [-0.4, -0.2) is 55.4 Å². The van der Waals surface area contributed by atoms with Crippen LogP contribution < -0.4 is 0 Å². The summed E-state index contributed by atoms with van der Waals surface area (Å²) in [5.41, 5.74) is -0.384. The highest BCUT2D eigenvalue weighted by atomic mass is 32.2. The van der Waals surface area contributed by atoms with E-state index in [0.717, 1.165) is 5.56 Å². The maximum atomic E-state index is 13.0. The molecule has 30 heavy (non-hydrogen) atoms. The molecule has 1 aliphatic carbocycles. The van der Waals surface area contributed by atoms with Crippen LogP contribution in [0.2, 0.25) is 0 Å². The highest BCUT2D eigenvalue weighted by Crippen LogP contribution is 2.55. The molecule has 3 aliphatic rings. The minimum Gasteiger partial charge on any atom is -0.465 e. The first-order chi connectivity index (χ1) is 14.2. The van der Waals surface area contributed by atoms with Crippen LogP contribution in [-0.2, 0) is 29.1 Å². The van der Waals surface area contributed by atoms with Crippen molar-refractivity contribution in [2.75, 3.05) is 19.7 Å². The Bertz CT molecular complexity index is 1000. The van der Waals surface area contributed by atoms with Gasteiger partial charge in [0.2, 0.25) is 10.0 Å². The lowest BCUT2D eigenvalue weighted by Crippen LogP contribution is -2.71. The Kier molecular flexibility index (Phi) is 5.20. The number of ether oxygens (including phenoxy) is 2. The third-order valence-electron chi connectivity index (χ3n) is 6.26. The number of esters is 1. The lowest BCUT2D eigenvalue weighted by molar-refractivity contribution is -0.303. The van der Waals surface area contributed by atoms with Gasteiger partial charge in [-0.05, 0) is 56.2 Å². The molecule has 1 unspecified atom stereocenters. The van der Waals surface area contributed by atoms with Gasteiger partial charge in [-0.1, -0.05) is 17.7 Å². The van der Waals surface area contributed by atoms with E-state index >= 15 is 0 Å². The average molecular weight is 432 g/mol. The molecule has 0 radical (unpaired) electrons. The standard InChI is InChI=1S/C22H25NO6S/c1-16-3-5-19(6-4-16)30(26,27)23-13-11-22(12-14-23)20(15-28-17(2)24)21(29-22)9-7-18(25)8-10-21/h3-10,20H,11-15H2,1-2H3. The summed E-state index contributed by atoms with van der Waals surface area (Å²) in [4.78, 5) is 23.2. The molecule has 1 aromatic carbocycles. The molecule has 2 aliphatic heterocycles. The minimum atomic E-state index is -3.58. The van der Waals surface area contributed by atoms with Crippen LogP contribution in [0.5, 0.6) is 0 Å². The van der Waals surface area contributed by atoms with Crippen LogP contribution in [0, 0.1) is 12.8 Å². The van der Waals surface area contributed by atoms with Gasteiger partial charge in [0.25, 0.3) is 0 Å². The van der Waals surface area contributed by atoms with Gasteiger partial charge in [0, 0.05) is 20.0 Å². The number of benzene rings is 1. The molecular formula is C22H25NO6S.